The molecule has 9 heteroatoms. The van der Waals surface area contributed by atoms with Crippen LogP contribution in [0.15, 0.2) is 67.4 Å². The molecule has 0 saturated heterocycles. The van der Waals surface area contributed by atoms with E-state index in [2.05, 4.69) is 37.5 Å². The number of fused-ring (bicyclic) bond motifs is 2. The third-order valence-corrected chi connectivity index (χ3v) is 5.83. The van der Waals surface area contributed by atoms with E-state index in [4.69, 9.17) is 0 Å². The van der Waals surface area contributed by atoms with Gasteiger partial charge in [0, 0.05) is 48.9 Å². The van der Waals surface area contributed by atoms with Crippen molar-refractivity contribution in [3.8, 4) is 11.3 Å². The highest BCUT2D eigenvalue weighted by Gasteiger charge is 2.15. The number of hydrogen-bond donors (Lipinski definition) is 2. The van der Waals surface area contributed by atoms with Crippen molar-refractivity contribution in [3.05, 3.63) is 84.5 Å². The minimum Gasteiger partial charge on any atom is -0.369 e. The summed E-state index contributed by atoms with van der Waals surface area (Å²) in [5.74, 6) is 0.218. The number of carbonyl (C=O) groups is 1. The van der Waals surface area contributed by atoms with Crippen molar-refractivity contribution >= 4 is 28.3 Å². The van der Waals surface area contributed by atoms with Gasteiger partial charge in [0.05, 0.1) is 23.0 Å². The number of aromatic nitrogens is 5. The molecule has 1 atom stereocenters. The lowest BCUT2D eigenvalue weighted by Crippen LogP contribution is -2.18. The molecule has 0 saturated carbocycles. The van der Waals surface area contributed by atoms with E-state index >= 15 is 0 Å². The highest BCUT2D eigenvalue weighted by molar-refractivity contribution is 6.06. The Bertz CT molecular complexity index is 1510. The molecule has 5 rings (SSSR count). The van der Waals surface area contributed by atoms with Gasteiger partial charge in [-0.3, -0.25) is 14.2 Å². The molecule has 1 aromatic carbocycles. The maximum Gasteiger partial charge on any atom is 0.251 e. The summed E-state index contributed by atoms with van der Waals surface area (Å²) >= 11 is 0. The summed E-state index contributed by atoms with van der Waals surface area (Å²) in [6.45, 7) is 2.70. The van der Waals surface area contributed by atoms with Crippen LogP contribution in [0.3, 0.4) is 0 Å². The van der Waals surface area contributed by atoms with Gasteiger partial charge in [-0.2, -0.15) is 4.39 Å². The molecule has 170 valence electrons. The van der Waals surface area contributed by atoms with Gasteiger partial charge in [0.1, 0.15) is 17.8 Å². The van der Waals surface area contributed by atoms with Gasteiger partial charge in [-0.05, 0) is 23.8 Å². The summed E-state index contributed by atoms with van der Waals surface area (Å²) in [5, 5.41) is 6.87. The molecule has 0 aliphatic rings. The quantitative estimate of drug-likeness (QED) is 0.401. The van der Waals surface area contributed by atoms with E-state index in [9.17, 15) is 9.18 Å². The average Bonchev–Trinajstić information content (AvgIpc) is 3.26. The smallest absolute Gasteiger partial charge is 0.251 e. The van der Waals surface area contributed by atoms with E-state index in [0.717, 1.165) is 22.0 Å². The van der Waals surface area contributed by atoms with E-state index in [1.54, 1.807) is 37.6 Å². The van der Waals surface area contributed by atoms with Gasteiger partial charge in [0.15, 0.2) is 0 Å². The predicted molar refractivity (Wildman–Crippen MR) is 128 cm³/mol. The van der Waals surface area contributed by atoms with Crippen molar-refractivity contribution < 1.29 is 9.18 Å². The molecule has 0 fully saturated rings. The van der Waals surface area contributed by atoms with Crippen LogP contribution in [0.2, 0.25) is 0 Å². The summed E-state index contributed by atoms with van der Waals surface area (Å²) < 4.78 is 15.1. The number of nitrogens with one attached hydrogen (secondary N) is 2. The van der Waals surface area contributed by atoms with Crippen molar-refractivity contribution in [2.24, 2.45) is 0 Å². The number of anilines is 1. The Morgan fingerprint density at radius 1 is 1.12 bits per heavy atom. The molecule has 2 N–H and O–H groups in total. The Morgan fingerprint density at radius 3 is 2.85 bits per heavy atom. The fraction of sp³-hybridized carbons (Fsp3) is 0.160. The predicted octanol–water partition coefficient (Wildman–Crippen LogP) is 4.05. The molecule has 0 spiro atoms. The first kappa shape index (κ1) is 21.4. The Hall–Kier alpha value is -4.40. The van der Waals surface area contributed by atoms with Gasteiger partial charge >= 0.3 is 0 Å². The van der Waals surface area contributed by atoms with E-state index < -0.39 is 5.95 Å². The molecule has 0 aliphatic heterocycles. The summed E-state index contributed by atoms with van der Waals surface area (Å²) in [5.41, 5.74) is 4.48. The molecule has 34 heavy (non-hydrogen) atoms. The SMILES string of the molecule is CNC(=O)c1ccnc2c([C@@H](C)CNc3cc(-c4ccn5c(F)cnc5c4)ncn3)cccc12. The van der Waals surface area contributed by atoms with Crippen LogP contribution in [0, 0.1) is 5.95 Å². The number of amides is 1. The molecular formula is C25H22FN7O. The summed E-state index contributed by atoms with van der Waals surface area (Å²) in [4.78, 5) is 29.6. The van der Waals surface area contributed by atoms with Gasteiger partial charge in [-0.1, -0.05) is 25.1 Å². The lowest BCUT2D eigenvalue weighted by Gasteiger charge is -2.16. The number of hydrogen-bond acceptors (Lipinski definition) is 6. The molecular weight excluding hydrogens is 433 g/mol. The van der Waals surface area contributed by atoms with Crippen LogP contribution in [-0.2, 0) is 0 Å². The van der Waals surface area contributed by atoms with Crippen LogP contribution < -0.4 is 10.6 Å². The number of carbonyl (C=O) groups excluding carboxylic acids is 1. The molecule has 0 aliphatic carbocycles. The molecule has 0 radical (unpaired) electrons. The minimum absolute atomic E-state index is 0.0961. The second kappa shape index (κ2) is 8.86. The standard InChI is InChI=1S/C25H22FN7O/c1-15(17-4-3-5-18-19(25(34)27-2)6-8-28-24(17)18)12-29-22-11-20(31-14-32-22)16-7-9-33-21(26)13-30-23(33)10-16/h3-11,13-15H,12H2,1-2H3,(H,27,34)(H,29,31,32)/t15-/m0/s1. The molecule has 8 nitrogen and oxygen atoms in total. The van der Waals surface area contributed by atoms with Crippen LogP contribution in [0.4, 0.5) is 10.2 Å². The maximum absolute atomic E-state index is 13.7. The number of nitrogens with zero attached hydrogens (tertiary/aromatic N) is 5. The fourth-order valence-electron chi connectivity index (χ4n) is 4.02. The lowest BCUT2D eigenvalue weighted by atomic mass is 9.96. The number of pyridine rings is 2. The number of benzene rings is 1. The van der Waals surface area contributed by atoms with Crippen LogP contribution in [0.5, 0.6) is 0 Å². The molecule has 0 unspecified atom stereocenters. The molecule has 5 aromatic rings. The monoisotopic (exact) mass is 455 g/mol. The van der Waals surface area contributed by atoms with Crippen molar-refractivity contribution in [1.82, 2.24) is 29.7 Å². The van der Waals surface area contributed by atoms with Gasteiger partial charge in [-0.25, -0.2) is 15.0 Å². The second-order valence-electron chi connectivity index (χ2n) is 7.98. The highest BCUT2D eigenvalue weighted by atomic mass is 19.1. The van der Waals surface area contributed by atoms with Gasteiger partial charge < -0.3 is 10.6 Å². The maximum atomic E-state index is 13.7. The van der Waals surface area contributed by atoms with E-state index in [-0.39, 0.29) is 11.8 Å². The summed E-state index contributed by atoms with van der Waals surface area (Å²) in [6.07, 6.45) is 5.97. The third kappa shape index (κ3) is 3.92. The zero-order valence-electron chi connectivity index (χ0n) is 18.7. The largest absolute Gasteiger partial charge is 0.369 e. The van der Waals surface area contributed by atoms with Crippen molar-refractivity contribution in [2.45, 2.75) is 12.8 Å². The Labute approximate surface area is 194 Å². The van der Waals surface area contributed by atoms with Crippen LogP contribution in [-0.4, -0.2) is 43.8 Å². The Balaban J connectivity index is 1.37. The Morgan fingerprint density at radius 2 is 2.00 bits per heavy atom. The van der Waals surface area contributed by atoms with Gasteiger partial charge in [0.25, 0.3) is 5.91 Å². The topological polar surface area (TPSA) is 97.1 Å². The second-order valence-corrected chi connectivity index (χ2v) is 7.98. The number of para-hydroxylation sites is 1. The Kier molecular flexibility index (Phi) is 5.59. The molecule has 4 aromatic heterocycles. The first-order chi connectivity index (χ1) is 16.5. The number of rotatable bonds is 6. The number of imidazole rings is 1. The van der Waals surface area contributed by atoms with E-state index in [0.29, 0.717) is 29.3 Å². The van der Waals surface area contributed by atoms with E-state index in [1.807, 2.05) is 24.3 Å². The van der Waals surface area contributed by atoms with E-state index in [1.165, 1.54) is 16.9 Å². The summed E-state index contributed by atoms with van der Waals surface area (Å²) in [6, 6.07) is 13.0. The lowest BCUT2D eigenvalue weighted by molar-refractivity contribution is 0.0964. The molecule has 1 amide bonds. The van der Waals surface area contributed by atoms with Crippen LogP contribution in [0.1, 0.15) is 28.8 Å². The molecule has 4 heterocycles. The van der Waals surface area contributed by atoms with Crippen LogP contribution in [0.25, 0.3) is 27.8 Å². The normalized spacial score (nSPS) is 12.1. The average molecular weight is 455 g/mol. The minimum atomic E-state index is -0.411. The third-order valence-electron chi connectivity index (χ3n) is 5.83. The first-order valence-corrected chi connectivity index (χ1v) is 10.8. The van der Waals surface area contributed by atoms with Crippen molar-refractivity contribution in [3.63, 3.8) is 0 Å². The first-order valence-electron chi connectivity index (χ1n) is 10.8. The fourth-order valence-corrected chi connectivity index (χ4v) is 4.02. The zero-order valence-corrected chi connectivity index (χ0v) is 18.7. The van der Waals surface area contributed by atoms with Crippen molar-refractivity contribution in [1.29, 1.82) is 0 Å². The van der Waals surface area contributed by atoms with Gasteiger partial charge in [0.2, 0.25) is 5.95 Å². The van der Waals surface area contributed by atoms with Gasteiger partial charge in [-0.15, -0.1) is 0 Å². The highest BCUT2D eigenvalue weighted by Crippen LogP contribution is 2.27. The zero-order chi connectivity index (χ0) is 23.7. The summed E-state index contributed by atoms with van der Waals surface area (Å²) in [7, 11) is 1.62. The van der Waals surface area contributed by atoms with Crippen molar-refractivity contribution in [2.75, 3.05) is 18.9 Å². The molecule has 0 bridgehead atoms. The van der Waals surface area contributed by atoms with Crippen LogP contribution >= 0.6 is 0 Å². The number of halogens is 1.